The van der Waals surface area contributed by atoms with Crippen LogP contribution >= 0.6 is 11.6 Å². The second-order valence-corrected chi connectivity index (χ2v) is 7.02. The Bertz CT molecular complexity index is 463. The molecule has 0 aliphatic heterocycles. The maximum absolute atomic E-state index is 6.52. The fraction of sp³-hybridized carbons (Fsp3) is 0.667. The largest absolute Gasteiger partial charge is 0.312 e. The average Bonchev–Trinajstić information content (AvgIpc) is 2.52. The summed E-state index contributed by atoms with van der Waals surface area (Å²) in [5.41, 5.74) is 1.19. The third kappa shape index (κ3) is 4.02. The van der Waals surface area contributed by atoms with Crippen molar-refractivity contribution in [1.82, 2.24) is 15.5 Å². The van der Waals surface area contributed by atoms with Crippen molar-refractivity contribution in [3.63, 3.8) is 0 Å². The Kier molecular flexibility index (Phi) is 6.69. The van der Waals surface area contributed by atoms with Crippen LogP contribution in [0.5, 0.6) is 0 Å². The smallest absolute Gasteiger partial charge is 0.0602 e. The van der Waals surface area contributed by atoms with Gasteiger partial charge in [-0.3, -0.25) is 0 Å². The van der Waals surface area contributed by atoms with Crippen LogP contribution in [0.4, 0.5) is 0 Å². The molecule has 0 unspecified atom stereocenters. The van der Waals surface area contributed by atoms with Gasteiger partial charge >= 0.3 is 0 Å². The molecule has 124 valence electrons. The maximum Gasteiger partial charge on any atom is 0.0602 e. The summed E-state index contributed by atoms with van der Waals surface area (Å²) in [5, 5.41) is 8.29. The second-order valence-electron chi connectivity index (χ2n) is 6.61. The first-order valence-corrected chi connectivity index (χ1v) is 8.80. The summed E-state index contributed by atoms with van der Waals surface area (Å²) in [6.45, 7) is 2.18. The van der Waals surface area contributed by atoms with Gasteiger partial charge in [0.25, 0.3) is 0 Å². The molecule has 2 N–H and O–H groups in total. The molecular formula is C18H30ClN3. The Labute approximate surface area is 140 Å². The third-order valence-electron chi connectivity index (χ3n) is 4.88. The van der Waals surface area contributed by atoms with Crippen LogP contribution in [0, 0.1) is 0 Å². The fourth-order valence-electron chi connectivity index (χ4n) is 3.70. The lowest BCUT2D eigenvalue weighted by Crippen LogP contribution is -2.58. The first kappa shape index (κ1) is 17.7. The number of nitrogens with one attached hydrogen (secondary N) is 2. The first-order chi connectivity index (χ1) is 10.6. The van der Waals surface area contributed by atoms with Crippen molar-refractivity contribution >= 4 is 11.6 Å². The zero-order valence-corrected chi connectivity index (χ0v) is 14.9. The van der Waals surface area contributed by atoms with E-state index in [-0.39, 0.29) is 5.54 Å². The van der Waals surface area contributed by atoms with Gasteiger partial charge in [0, 0.05) is 11.1 Å². The molecule has 3 nitrogen and oxygen atoms in total. The fourth-order valence-corrected chi connectivity index (χ4v) is 4.00. The highest BCUT2D eigenvalue weighted by Gasteiger charge is 2.41. The van der Waals surface area contributed by atoms with Crippen molar-refractivity contribution in [1.29, 1.82) is 0 Å². The van der Waals surface area contributed by atoms with E-state index in [1.807, 2.05) is 12.1 Å². The van der Waals surface area contributed by atoms with Crippen LogP contribution in [0.2, 0.25) is 5.02 Å². The van der Waals surface area contributed by atoms with Crippen LogP contribution in [0.1, 0.15) is 37.7 Å². The highest BCUT2D eigenvalue weighted by molar-refractivity contribution is 6.31. The van der Waals surface area contributed by atoms with Crippen molar-refractivity contribution in [3.05, 3.63) is 34.9 Å². The number of nitrogens with zero attached hydrogens (tertiary/aromatic N) is 1. The molecule has 0 bridgehead atoms. The first-order valence-electron chi connectivity index (χ1n) is 8.42. The van der Waals surface area contributed by atoms with Gasteiger partial charge in [0.2, 0.25) is 0 Å². The van der Waals surface area contributed by atoms with Gasteiger partial charge in [0.1, 0.15) is 0 Å². The molecule has 22 heavy (non-hydrogen) atoms. The lowest BCUT2D eigenvalue weighted by atomic mass is 9.72. The minimum Gasteiger partial charge on any atom is -0.312 e. The van der Waals surface area contributed by atoms with E-state index in [2.05, 4.69) is 48.8 Å². The standard InChI is InChI=1S/C18H30ClN3/c1-20-18(15-9-4-5-10-16(15)19)12-7-6-11-17(18)21-13-8-14-22(2)3/h4-5,9-10,17,20-21H,6-8,11-14H2,1-3H3/t17-,18-/m1/s1. The Morgan fingerprint density at radius 3 is 2.73 bits per heavy atom. The summed E-state index contributed by atoms with van der Waals surface area (Å²) in [7, 11) is 6.33. The van der Waals surface area contributed by atoms with Crippen LogP contribution in [0.15, 0.2) is 24.3 Å². The van der Waals surface area contributed by atoms with Crippen LogP contribution in [0.3, 0.4) is 0 Å². The molecule has 0 aromatic heterocycles. The Morgan fingerprint density at radius 2 is 2.05 bits per heavy atom. The summed E-state index contributed by atoms with van der Waals surface area (Å²) in [6.07, 6.45) is 6.06. The van der Waals surface area contributed by atoms with E-state index < -0.39 is 0 Å². The minimum atomic E-state index is -0.0469. The molecule has 0 saturated heterocycles. The number of hydrogen-bond acceptors (Lipinski definition) is 3. The molecule has 4 heteroatoms. The normalized spacial score (nSPS) is 25.6. The Morgan fingerprint density at radius 1 is 1.27 bits per heavy atom. The Hall–Kier alpha value is -0.610. The summed E-state index contributed by atoms with van der Waals surface area (Å²) >= 11 is 6.52. The van der Waals surface area contributed by atoms with Crippen molar-refractivity contribution < 1.29 is 0 Å². The monoisotopic (exact) mass is 323 g/mol. The lowest BCUT2D eigenvalue weighted by Gasteiger charge is -2.45. The van der Waals surface area contributed by atoms with Crippen LogP contribution in [-0.2, 0) is 5.54 Å². The third-order valence-corrected chi connectivity index (χ3v) is 5.21. The topological polar surface area (TPSA) is 27.3 Å². The van der Waals surface area contributed by atoms with Crippen molar-refractivity contribution in [2.24, 2.45) is 0 Å². The molecule has 1 aromatic rings. The summed E-state index contributed by atoms with van der Waals surface area (Å²) in [6, 6.07) is 8.73. The molecule has 2 rings (SSSR count). The highest BCUT2D eigenvalue weighted by Crippen LogP contribution is 2.40. The van der Waals surface area contributed by atoms with Gasteiger partial charge in [-0.25, -0.2) is 0 Å². The van der Waals surface area contributed by atoms with Crippen LogP contribution in [0.25, 0.3) is 0 Å². The molecule has 1 aliphatic carbocycles. The van der Waals surface area contributed by atoms with Gasteiger partial charge in [0.05, 0.1) is 5.54 Å². The number of hydrogen-bond donors (Lipinski definition) is 2. The molecule has 0 amide bonds. The molecule has 1 fully saturated rings. The van der Waals surface area contributed by atoms with E-state index in [1.165, 1.54) is 31.2 Å². The molecule has 0 heterocycles. The van der Waals surface area contributed by atoms with Gasteiger partial charge in [-0.1, -0.05) is 42.6 Å². The van der Waals surface area contributed by atoms with E-state index in [0.29, 0.717) is 6.04 Å². The quantitative estimate of drug-likeness (QED) is 0.754. The van der Waals surface area contributed by atoms with E-state index in [9.17, 15) is 0 Å². The second kappa shape index (κ2) is 8.30. The predicted octanol–water partition coefficient (Wildman–Crippen LogP) is 3.24. The molecular weight excluding hydrogens is 294 g/mol. The van der Waals surface area contributed by atoms with E-state index in [1.54, 1.807) is 0 Å². The van der Waals surface area contributed by atoms with E-state index in [0.717, 1.165) is 24.5 Å². The number of halogens is 1. The van der Waals surface area contributed by atoms with Gasteiger partial charge in [-0.15, -0.1) is 0 Å². The minimum absolute atomic E-state index is 0.0469. The zero-order chi connectivity index (χ0) is 16.0. The van der Waals surface area contributed by atoms with E-state index >= 15 is 0 Å². The van der Waals surface area contributed by atoms with Gasteiger partial charge < -0.3 is 15.5 Å². The number of rotatable bonds is 7. The molecule has 1 saturated carbocycles. The van der Waals surface area contributed by atoms with Gasteiger partial charge in [-0.05, 0) is 65.1 Å². The molecule has 1 aromatic carbocycles. The summed E-state index contributed by atoms with van der Waals surface area (Å²) in [5.74, 6) is 0. The maximum atomic E-state index is 6.52. The molecule has 2 atom stereocenters. The van der Waals surface area contributed by atoms with Crippen molar-refractivity contribution in [2.45, 2.75) is 43.7 Å². The van der Waals surface area contributed by atoms with Gasteiger partial charge in [0.15, 0.2) is 0 Å². The van der Waals surface area contributed by atoms with Crippen LogP contribution in [-0.4, -0.2) is 45.2 Å². The summed E-state index contributed by atoms with van der Waals surface area (Å²) < 4.78 is 0. The van der Waals surface area contributed by atoms with E-state index in [4.69, 9.17) is 11.6 Å². The number of likely N-dealkylation sites (N-methyl/N-ethyl adjacent to an activating group) is 1. The van der Waals surface area contributed by atoms with Crippen LogP contribution < -0.4 is 10.6 Å². The number of benzene rings is 1. The Balaban J connectivity index is 2.13. The highest BCUT2D eigenvalue weighted by atomic mass is 35.5. The molecule has 0 radical (unpaired) electrons. The average molecular weight is 324 g/mol. The zero-order valence-electron chi connectivity index (χ0n) is 14.2. The SMILES string of the molecule is CN[C@@]1(c2ccccc2Cl)CCCC[C@H]1NCCCN(C)C. The van der Waals surface area contributed by atoms with Gasteiger partial charge in [-0.2, -0.15) is 0 Å². The summed E-state index contributed by atoms with van der Waals surface area (Å²) in [4.78, 5) is 2.24. The lowest BCUT2D eigenvalue weighted by molar-refractivity contribution is 0.177. The molecule has 1 aliphatic rings. The van der Waals surface area contributed by atoms with Crippen molar-refractivity contribution in [2.75, 3.05) is 34.2 Å². The van der Waals surface area contributed by atoms with Crippen molar-refractivity contribution in [3.8, 4) is 0 Å². The predicted molar refractivity (Wildman–Crippen MR) is 95.6 cm³/mol. The molecule has 0 spiro atoms.